The smallest absolute Gasteiger partial charge is 0.0674 e. The Hall–Kier alpha value is -1.65. The summed E-state index contributed by atoms with van der Waals surface area (Å²) in [5, 5.41) is 4.24. The highest BCUT2D eigenvalue weighted by molar-refractivity contribution is 5.33. The second-order valence-electron chi connectivity index (χ2n) is 5.54. The van der Waals surface area contributed by atoms with Gasteiger partial charge in [-0.2, -0.15) is 5.10 Å². The minimum absolute atomic E-state index is 0.328. The van der Waals surface area contributed by atoms with Crippen molar-refractivity contribution in [3.63, 3.8) is 0 Å². The molecule has 1 aliphatic heterocycles. The van der Waals surface area contributed by atoms with Gasteiger partial charge in [-0.25, -0.2) is 4.68 Å². The average Bonchev–Trinajstić information content (AvgIpc) is 2.98. The van der Waals surface area contributed by atoms with E-state index in [1.807, 2.05) is 16.9 Å². The second-order valence-corrected chi connectivity index (χ2v) is 5.54. The van der Waals surface area contributed by atoms with Crippen LogP contribution in [0.1, 0.15) is 19.4 Å². The average molecular weight is 271 g/mol. The molecule has 0 radical (unpaired) electrons. The predicted molar refractivity (Wildman–Crippen MR) is 78.9 cm³/mol. The largest absolute Gasteiger partial charge is 0.376 e. The maximum absolute atomic E-state index is 5.67. The molecule has 1 aliphatic rings. The van der Waals surface area contributed by atoms with Crippen molar-refractivity contribution in [1.29, 1.82) is 0 Å². The lowest BCUT2D eigenvalue weighted by atomic mass is 10.1. The van der Waals surface area contributed by atoms with Crippen molar-refractivity contribution in [2.45, 2.75) is 32.5 Å². The Labute approximate surface area is 120 Å². The fourth-order valence-electron chi connectivity index (χ4n) is 2.60. The fourth-order valence-corrected chi connectivity index (χ4v) is 2.60. The summed E-state index contributed by atoms with van der Waals surface area (Å²) in [4.78, 5) is 2.48. The molecule has 2 aromatic rings. The van der Waals surface area contributed by atoms with Crippen molar-refractivity contribution in [2.24, 2.45) is 0 Å². The topological polar surface area (TPSA) is 30.3 Å². The SMILES string of the molecule is C[C@@H]1CN(Cc2ccc(-n3cccn3)cc2)[C@@H](C)CO1. The Balaban J connectivity index is 1.69. The minimum Gasteiger partial charge on any atom is -0.376 e. The molecule has 4 heteroatoms. The second kappa shape index (κ2) is 5.77. The summed E-state index contributed by atoms with van der Waals surface area (Å²) in [5.74, 6) is 0. The summed E-state index contributed by atoms with van der Waals surface area (Å²) in [6.07, 6.45) is 4.08. The fraction of sp³-hybridized carbons (Fsp3) is 0.438. The molecule has 0 aliphatic carbocycles. The first-order valence-corrected chi connectivity index (χ1v) is 7.17. The minimum atomic E-state index is 0.328. The van der Waals surface area contributed by atoms with E-state index in [4.69, 9.17) is 4.74 Å². The van der Waals surface area contributed by atoms with Crippen LogP contribution >= 0.6 is 0 Å². The third-order valence-corrected chi connectivity index (χ3v) is 3.83. The number of aromatic nitrogens is 2. The van der Waals surface area contributed by atoms with Crippen molar-refractivity contribution < 1.29 is 4.74 Å². The molecule has 1 aromatic heterocycles. The van der Waals surface area contributed by atoms with Crippen LogP contribution in [0.4, 0.5) is 0 Å². The molecule has 4 nitrogen and oxygen atoms in total. The summed E-state index contributed by atoms with van der Waals surface area (Å²) in [6.45, 7) is 7.17. The van der Waals surface area contributed by atoms with Crippen LogP contribution in [0, 0.1) is 0 Å². The lowest BCUT2D eigenvalue weighted by Crippen LogP contribution is -2.46. The van der Waals surface area contributed by atoms with Gasteiger partial charge in [0.1, 0.15) is 0 Å². The number of rotatable bonds is 3. The third-order valence-electron chi connectivity index (χ3n) is 3.83. The number of nitrogens with zero attached hydrogens (tertiary/aromatic N) is 3. The Morgan fingerprint density at radius 1 is 1.25 bits per heavy atom. The lowest BCUT2D eigenvalue weighted by Gasteiger charge is -2.36. The van der Waals surface area contributed by atoms with Gasteiger partial charge in [-0.05, 0) is 37.6 Å². The Kier molecular flexibility index (Phi) is 3.85. The van der Waals surface area contributed by atoms with Gasteiger partial charge in [-0.1, -0.05) is 12.1 Å². The van der Waals surface area contributed by atoms with E-state index in [1.165, 1.54) is 5.56 Å². The number of ether oxygens (including phenoxy) is 1. The molecular formula is C16H21N3O. The van der Waals surface area contributed by atoms with E-state index in [1.54, 1.807) is 6.20 Å². The first kappa shape index (κ1) is 13.3. The summed E-state index contributed by atoms with van der Waals surface area (Å²) in [5.41, 5.74) is 2.43. The monoisotopic (exact) mass is 271 g/mol. The van der Waals surface area contributed by atoms with Crippen LogP contribution in [0.2, 0.25) is 0 Å². The van der Waals surface area contributed by atoms with E-state index >= 15 is 0 Å². The van der Waals surface area contributed by atoms with Gasteiger partial charge in [-0.3, -0.25) is 4.90 Å². The molecule has 3 rings (SSSR count). The van der Waals surface area contributed by atoms with E-state index < -0.39 is 0 Å². The molecule has 106 valence electrons. The summed E-state index contributed by atoms with van der Waals surface area (Å²) < 4.78 is 7.55. The zero-order valence-corrected chi connectivity index (χ0v) is 12.1. The standard InChI is InChI=1S/C16H21N3O/c1-13-12-20-14(2)10-18(13)11-15-4-6-16(7-5-15)19-9-3-8-17-19/h3-9,13-14H,10-12H2,1-2H3/t13-,14+/m0/s1. The zero-order chi connectivity index (χ0) is 13.9. The van der Waals surface area contributed by atoms with Crippen molar-refractivity contribution >= 4 is 0 Å². The van der Waals surface area contributed by atoms with E-state index in [9.17, 15) is 0 Å². The molecule has 0 spiro atoms. The predicted octanol–water partition coefficient (Wildman–Crippen LogP) is 2.48. The first-order chi connectivity index (χ1) is 9.72. The highest BCUT2D eigenvalue weighted by atomic mass is 16.5. The highest BCUT2D eigenvalue weighted by Gasteiger charge is 2.23. The molecule has 0 unspecified atom stereocenters. The van der Waals surface area contributed by atoms with Gasteiger partial charge in [0.05, 0.1) is 18.4 Å². The van der Waals surface area contributed by atoms with Gasteiger partial charge in [0, 0.05) is 31.5 Å². The van der Waals surface area contributed by atoms with E-state index in [0.29, 0.717) is 12.1 Å². The van der Waals surface area contributed by atoms with Gasteiger partial charge in [-0.15, -0.1) is 0 Å². The van der Waals surface area contributed by atoms with E-state index in [0.717, 1.165) is 25.4 Å². The van der Waals surface area contributed by atoms with Crippen LogP contribution in [-0.4, -0.2) is 40.0 Å². The summed E-state index contributed by atoms with van der Waals surface area (Å²) in [6, 6.07) is 11.0. The first-order valence-electron chi connectivity index (χ1n) is 7.17. The Morgan fingerprint density at radius 2 is 2.05 bits per heavy atom. The molecule has 1 saturated heterocycles. The van der Waals surface area contributed by atoms with Gasteiger partial charge < -0.3 is 4.74 Å². The van der Waals surface area contributed by atoms with Crippen LogP contribution in [0.15, 0.2) is 42.7 Å². The van der Waals surface area contributed by atoms with Gasteiger partial charge in [0.25, 0.3) is 0 Å². The Morgan fingerprint density at radius 3 is 2.75 bits per heavy atom. The number of benzene rings is 1. The van der Waals surface area contributed by atoms with Crippen LogP contribution < -0.4 is 0 Å². The van der Waals surface area contributed by atoms with E-state index in [2.05, 4.69) is 48.1 Å². The third kappa shape index (κ3) is 2.92. The van der Waals surface area contributed by atoms with Crippen molar-refractivity contribution in [1.82, 2.24) is 14.7 Å². The number of hydrogen-bond acceptors (Lipinski definition) is 3. The highest BCUT2D eigenvalue weighted by Crippen LogP contribution is 2.16. The molecule has 2 heterocycles. The maximum Gasteiger partial charge on any atom is 0.0674 e. The van der Waals surface area contributed by atoms with Crippen LogP contribution in [-0.2, 0) is 11.3 Å². The van der Waals surface area contributed by atoms with Crippen molar-refractivity contribution in [3.05, 3.63) is 48.3 Å². The molecule has 0 amide bonds. The van der Waals surface area contributed by atoms with Crippen LogP contribution in [0.3, 0.4) is 0 Å². The molecule has 20 heavy (non-hydrogen) atoms. The molecule has 1 fully saturated rings. The Bertz CT molecular complexity index is 535. The lowest BCUT2D eigenvalue weighted by molar-refractivity contribution is -0.0526. The van der Waals surface area contributed by atoms with Crippen LogP contribution in [0.25, 0.3) is 5.69 Å². The molecule has 0 N–H and O–H groups in total. The molecule has 2 atom stereocenters. The number of hydrogen-bond donors (Lipinski definition) is 0. The molecular weight excluding hydrogens is 250 g/mol. The zero-order valence-electron chi connectivity index (χ0n) is 12.1. The summed E-state index contributed by atoms with van der Waals surface area (Å²) >= 11 is 0. The quantitative estimate of drug-likeness (QED) is 0.859. The van der Waals surface area contributed by atoms with Crippen LogP contribution in [0.5, 0.6) is 0 Å². The van der Waals surface area contributed by atoms with Gasteiger partial charge in [0.15, 0.2) is 0 Å². The normalized spacial score (nSPS) is 23.9. The number of morpholine rings is 1. The van der Waals surface area contributed by atoms with Crippen molar-refractivity contribution in [3.8, 4) is 5.69 Å². The van der Waals surface area contributed by atoms with Crippen molar-refractivity contribution in [2.75, 3.05) is 13.2 Å². The summed E-state index contributed by atoms with van der Waals surface area (Å²) in [7, 11) is 0. The maximum atomic E-state index is 5.67. The molecule has 0 saturated carbocycles. The van der Waals surface area contributed by atoms with Gasteiger partial charge in [0.2, 0.25) is 0 Å². The van der Waals surface area contributed by atoms with E-state index in [-0.39, 0.29) is 0 Å². The van der Waals surface area contributed by atoms with Gasteiger partial charge >= 0.3 is 0 Å². The molecule has 1 aromatic carbocycles. The molecule has 0 bridgehead atoms.